The maximum absolute atomic E-state index is 15.2. The van der Waals surface area contributed by atoms with Gasteiger partial charge in [-0.05, 0) is 36.3 Å². The highest BCUT2D eigenvalue weighted by Gasteiger charge is 2.47. The van der Waals surface area contributed by atoms with Crippen molar-refractivity contribution in [2.75, 3.05) is 19.5 Å². The minimum atomic E-state index is -2.14. The molecule has 198 valence electrons. The highest BCUT2D eigenvalue weighted by atomic mass is 28.4. The normalized spacial score (nSPS) is 22.2. The fraction of sp³-hybridized carbons (Fsp3) is 0.783. The molecule has 1 fully saturated rings. The Labute approximate surface area is 210 Å². The number of ether oxygens (including phenoxy) is 2. The standard InChI is InChI=1S/C23H42FN5O4Si2/c1-22(2,3)34(8,9)31-13-15-14(33-35(10,11)23(4,5)6)12-16(32-15)29-18-17(26-20(29)24)19(30-7)28-21(25)27-18/h14-16H,12-13H2,1-11H3,(H2,25,27,28)/t14-,15+,16+/m0/s1. The fourth-order valence-corrected chi connectivity index (χ4v) is 5.90. The van der Waals surface area contributed by atoms with Gasteiger partial charge in [-0.1, -0.05) is 41.5 Å². The molecule has 0 aromatic carbocycles. The Kier molecular flexibility index (Phi) is 7.48. The zero-order valence-corrected chi connectivity index (χ0v) is 25.0. The molecule has 35 heavy (non-hydrogen) atoms. The van der Waals surface area contributed by atoms with Crippen LogP contribution in [0, 0.1) is 6.08 Å². The molecule has 0 unspecified atom stereocenters. The number of halogens is 1. The van der Waals surface area contributed by atoms with Gasteiger partial charge in [-0.3, -0.25) is 4.57 Å². The molecular weight excluding hydrogens is 485 g/mol. The number of aromatic nitrogens is 4. The predicted molar refractivity (Wildman–Crippen MR) is 140 cm³/mol. The lowest BCUT2D eigenvalue weighted by Crippen LogP contribution is -2.48. The summed E-state index contributed by atoms with van der Waals surface area (Å²) < 4.78 is 41.5. The second-order valence-electron chi connectivity index (χ2n) is 12.4. The topological polar surface area (TPSA) is 107 Å². The zero-order chi connectivity index (χ0) is 26.6. The molecule has 3 rings (SSSR count). The molecule has 0 bridgehead atoms. The van der Waals surface area contributed by atoms with Crippen molar-refractivity contribution in [2.24, 2.45) is 0 Å². The van der Waals surface area contributed by atoms with E-state index in [0.29, 0.717) is 13.0 Å². The number of fused-ring (bicyclic) bond motifs is 1. The van der Waals surface area contributed by atoms with Crippen molar-refractivity contribution < 1.29 is 22.7 Å². The van der Waals surface area contributed by atoms with E-state index >= 15 is 4.39 Å². The maximum atomic E-state index is 15.2. The number of hydrogen-bond acceptors (Lipinski definition) is 8. The summed E-state index contributed by atoms with van der Waals surface area (Å²) in [5, 5.41) is 0.0658. The van der Waals surface area contributed by atoms with E-state index in [4.69, 9.17) is 24.1 Å². The van der Waals surface area contributed by atoms with Gasteiger partial charge in [-0.25, -0.2) is 0 Å². The van der Waals surface area contributed by atoms with E-state index in [1.165, 1.54) is 11.7 Å². The summed E-state index contributed by atoms with van der Waals surface area (Å²) in [6, 6.07) is 0. The smallest absolute Gasteiger partial charge is 0.293 e. The molecule has 3 atom stereocenters. The van der Waals surface area contributed by atoms with Crippen molar-refractivity contribution in [3.8, 4) is 5.88 Å². The van der Waals surface area contributed by atoms with Gasteiger partial charge in [0.25, 0.3) is 6.08 Å². The van der Waals surface area contributed by atoms with Crippen LogP contribution in [0.4, 0.5) is 10.3 Å². The van der Waals surface area contributed by atoms with Gasteiger partial charge < -0.3 is 24.1 Å². The van der Waals surface area contributed by atoms with Crippen molar-refractivity contribution >= 4 is 33.7 Å². The molecule has 0 saturated carbocycles. The highest BCUT2D eigenvalue weighted by molar-refractivity contribution is 6.74. The molecular formula is C23H42FN5O4Si2. The van der Waals surface area contributed by atoms with Gasteiger partial charge in [0.1, 0.15) is 12.3 Å². The van der Waals surface area contributed by atoms with E-state index in [1.807, 2.05) is 0 Å². The molecule has 9 nitrogen and oxygen atoms in total. The van der Waals surface area contributed by atoms with Crippen LogP contribution in [0.3, 0.4) is 0 Å². The Hall–Kier alpha value is -1.61. The molecule has 3 heterocycles. The highest BCUT2D eigenvalue weighted by Crippen LogP contribution is 2.43. The first kappa shape index (κ1) is 28.0. The van der Waals surface area contributed by atoms with Crippen LogP contribution in [-0.2, 0) is 13.6 Å². The van der Waals surface area contributed by atoms with Crippen LogP contribution in [-0.4, -0.2) is 62.1 Å². The molecule has 0 amide bonds. The average Bonchev–Trinajstić information content (AvgIpc) is 3.23. The number of imidazole rings is 1. The largest absolute Gasteiger partial charge is 0.479 e. The summed E-state index contributed by atoms with van der Waals surface area (Å²) in [5.74, 6) is 0.0930. The van der Waals surface area contributed by atoms with Gasteiger partial charge in [-0.15, -0.1) is 0 Å². The molecule has 0 aliphatic carbocycles. The van der Waals surface area contributed by atoms with E-state index in [-0.39, 0.29) is 45.3 Å². The van der Waals surface area contributed by atoms with Crippen LogP contribution in [0.25, 0.3) is 11.2 Å². The van der Waals surface area contributed by atoms with Gasteiger partial charge in [0.15, 0.2) is 27.8 Å². The number of nitrogen functional groups attached to an aromatic ring is 1. The number of anilines is 1. The molecule has 1 aliphatic rings. The first-order valence-electron chi connectivity index (χ1n) is 12.1. The van der Waals surface area contributed by atoms with E-state index in [0.717, 1.165) is 0 Å². The molecule has 2 aromatic heterocycles. The lowest BCUT2D eigenvalue weighted by molar-refractivity contribution is -0.0418. The van der Waals surface area contributed by atoms with E-state index in [1.54, 1.807) is 0 Å². The maximum Gasteiger partial charge on any atom is 0.293 e. The van der Waals surface area contributed by atoms with E-state index in [9.17, 15) is 0 Å². The Morgan fingerprint density at radius 1 is 1.03 bits per heavy atom. The summed E-state index contributed by atoms with van der Waals surface area (Å²) in [6.07, 6.45) is -1.60. The van der Waals surface area contributed by atoms with Crippen molar-refractivity contribution in [3.05, 3.63) is 6.08 Å². The third-order valence-electron chi connectivity index (χ3n) is 7.81. The Morgan fingerprint density at radius 3 is 2.17 bits per heavy atom. The third-order valence-corrected chi connectivity index (χ3v) is 16.8. The summed E-state index contributed by atoms with van der Waals surface area (Å²) >= 11 is 0. The van der Waals surface area contributed by atoms with Gasteiger partial charge in [0.2, 0.25) is 11.8 Å². The molecule has 1 aliphatic heterocycles. The number of nitrogens with two attached hydrogens (primary N) is 1. The van der Waals surface area contributed by atoms with Crippen molar-refractivity contribution in [3.63, 3.8) is 0 Å². The number of hydrogen-bond donors (Lipinski definition) is 1. The van der Waals surface area contributed by atoms with Gasteiger partial charge in [0, 0.05) is 6.42 Å². The number of nitrogens with zero attached hydrogens (tertiary/aromatic N) is 4. The first-order valence-corrected chi connectivity index (χ1v) is 17.9. The third kappa shape index (κ3) is 5.56. The summed E-state index contributed by atoms with van der Waals surface area (Å²) in [4.78, 5) is 12.3. The van der Waals surface area contributed by atoms with Gasteiger partial charge >= 0.3 is 0 Å². The lowest BCUT2D eigenvalue weighted by Gasteiger charge is -2.40. The minimum absolute atomic E-state index is 0.0118. The Balaban J connectivity index is 1.97. The molecule has 1 saturated heterocycles. The predicted octanol–water partition coefficient (Wildman–Crippen LogP) is 5.26. The molecule has 0 radical (unpaired) electrons. The average molecular weight is 528 g/mol. The van der Waals surface area contributed by atoms with Crippen molar-refractivity contribution in [1.82, 2.24) is 19.5 Å². The molecule has 2 aromatic rings. The minimum Gasteiger partial charge on any atom is -0.479 e. The zero-order valence-electron chi connectivity index (χ0n) is 23.0. The monoisotopic (exact) mass is 527 g/mol. The van der Waals surface area contributed by atoms with E-state index < -0.39 is 28.9 Å². The van der Waals surface area contributed by atoms with Crippen LogP contribution in [0.2, 0.25) is 36.3 Å². The van der Waals surface area contributed by atoms with Gasteiger partial charge in [0.05, 0.1) is 19.8 Å². The van der Waals surface area contributed by atoms with Crippen LogP contribution >= 0.6 is 0 Å². The number of rotatable bonds is 7. The summed E-state index contributed by atoms with van der Waals surface area (Å²) in [7, 11) is -2.74. The molecule has 0 spiro atoms. The first-order chi connectivity index (χ1) is 15.9. The van der Waals surface area contributed by atoms with Crippen molar-refractivity contribution in [2.45, 2.75) is 103 Å². The summed E-state index contributed by atoms with van der Waals surface area (Å²) in [5.41, 5.74) is 6.29. The van der Waals surface area contributed by atoms with Crippen LogP contribution in [0.15, 0.2) is 0 Å². The second-order valence-corrected chi connectivity index (χ2v) is 21.9. The van der Waals surface area contributed by atoms with Crippen LogP contribution < -0.4 is 10.5 Å². The Bertz CT molecular complexity index is 1060. The second kappa shape index (κ2) is 9.36. The summed E-state index contributed by atoms with van der Waals surface area (Å²) in [6.45, 7) is 22.4. The van der Waals surface area contributed by atoms with Crippen LogP contribution in [0.1, 0.15) is 54.2 Å². The Morgan fingerprint density at radius 2 is 1.63 bits per heavy atom. The molecule has 12 heteroatoms. The fourth-order valence-electron chi connectivity index (χ4n) is 3.53. The lowest BCUT2D eigenvalue weighted by atomic mass is 10.2. The number of methoxy groups -OCH3 is 1. The van der Waals surface area contributed by atoms with Crippen LogP contribution in [0.5, 0.6) is 5.88 Å². The van der Waals surface area contributed by atoms with Crippen molar-refractivity contribution in [1.29, 1.82) is 0 Å². The van der Waals surface area contributed by atoms with E-state index in [2.05, 4.69) is 82.7 Å². The van der Waals surface area contributed by atoms with Gasteiger partial charge in [-0.2, -0.15) is 19.3 Å². The SMILES string of the molecule is COc1nc(N)nc2c1nc(F)n2[C@H]1C[C@H](O[Si](C)(C)C(C)(C)C)[C@@H](CO[Si](C)(C)C(C)(C)C)O1. The quantitative estimate of drug-likeness (QED) is 0.384. The molecule has 2 N–H and O–H groups in total.